The largest absolute Gasteiger partial charge is 0.396 e. The fourth-order valence-electron chi connectivity index (χ4n) is 1.98. The van der Waals surface area contributed by atoms with Crippen LogP contribution >= 0.6 is 34.8 Å². The number of hydrogen-bond acceptors (Lipinski definition) is 1. The molecule has 0 heterocycles. The molecule has 0 fully saturated rings. The Labute approximate surface area is 127 Å². The Bertz CT molecular complexity index is 552. The molecular formula is C15H13Cl3O. The smallest absolute Gasteiger partial charge is 0.0502 e. The van der Waals surface area contributed by atoms with Gasteiger partial charge in [0.1, 0.15) is 0 Å². The Hall–Kier alpha value is -0.730. The minimum Gasteiger partial charge on any atom is -0.396 e. The summed E-state index contributed by atoms with van der Waals surface area (Å²) >= 11 is 17.9. The van der Waals surface area contributed by atoms with Gasteiger partial charge in [0.25, 0.3) is 0 Å². The van der Waals surface area contributed by atoms with Gasteiger partial charge in [-0.2, -0.15) is 0 Å². The lowest BCUT2D eigenvalue weighted by atomic mass is 9.93. The molecule has 1 nitrogen and oxygen atoms in total. The van der Waals surface area contributed by atoms with Crippen molar-refractivity contribution in [3.8, 4) is 0 Å². The van der Waals surface area contributed by atoms with E-state index in [1.54, 1.807) is 12.1 Å². The second-order valence-corrected chi connectivity index (χ2v) is 5.65. The van der Waals surface area contributed by atoms with Crippen molar-refractivity contribution in [3.63, 3.8) is 0 Å². The van der Waals surface area contributed by atoms with E-state index >= 15 is 0 Å². The Kier molecular flexibility index (Phi) is 5.12. The molecule has 19 heavy (non-hydrogen) atoms. The zero-order valence-corrected chi connectivity index (χ0v) is 12.4. The van der Waals surface area contributed by atoms with E-state index in [0.29, 0.717) is 21.5 Å². The first kappa shape index (κ1) is 14.7. The van der Waals surface area contributed by atoms with Crippen LogP contribution in [-0.4, -0.2) is 11.7 Å². The van der Waals surface area contributed by atoms with Gasteiger partial charge in [-0.1, -0.05) is 53.0 Å². The van der Waals surface area contributed by atoms with Crippen molar-refractivity contribution in [2.75, 3.05) is 6.61 Å². The summed E-state index contributed by atoms with van der Waals surface area (Å²) in [5.74, 6) is -0.00376. The predicted molar refractivity (Wildman–Crippen MR) is 81.4 cm³/mol. The van der Waals surface area contributed by atoms with Crippen molar-refractivity contribution in [3.05, 3.63) is 68.7 Å². The van der Waals surface area contributed by atoms with Gasteiger partial charge >= 0.3 is 0 Å². The molecule has 4 heteroatoms. The van der Waals surface area contributed by atoms with Gasteiger partial charge in [-0.15, -0.1) is 0 Å². The third-order valence-corrected chi connectivity index (χ3v) is 3.88. The van der Waals surface area contributed by atoms with Gasteiger partial charge in [0, 0.05) is 21.0 Å². The summed E-state index contributed by atoms with van der Waals surface area (Å²) < 4.78 is 0. The lowest BCUT2D eigenvalue weighted by molar-refractivity contribution is 0.264. The van der Waals surface area contributed by atoms with Crippen molar-refractivity contribution in [1.29, 1.82) is 0 Å². The minimum atomic E-state index is -0.00376. The third kappa shape index (κ3) is 3.87. The number of benzene rings is 2. The highest BCUT2D eigenvalue weighted by molar-refractivity contribution is 6.35. The van der Waals surface area contributed by atoms with Crippen LogP contribution in [-0.2, 0) is 6.42 Å². The highest BCUT2D eigenvalue weighted by Crippen LogP contribution is 2.27. The van der Waals surface area contributed by atoms with Gasteiger partial charge in [-0.3, -0.25) is 0 Å². The van der Waals surface area contributed by atoms with E-state index in [1.165, 1.54) is 0 Å². The normalized spacial score (nSPS) is 12.4. The lowest BCUT2D eigenvalue weighted by Gasteiger charge is -2.16. The van der Waals surface area contributed by atoms with Crippen molar-refractivity contribution in [1.82, 2.24) is 0 Å². The molecule has 0 amide bonds. The summed E-state index contributed by atoms with van der Waals surface area (Å²) in [6.07, 6.45) is 0.661. The summed E-state index contributed by atoms with van der Waals surface area (Å²) in [6, 6.07) is 12.9. The molecule has 1 N–H and O–H groups in total. The number of aliphatic hydroxyl groups excluding tert-OH is 1. The van der Waals surface area contributed by atoms with Gasteiger partial charge in [-0.25, -0.2) is 0 Å². The highest BCUT2D eigenvalue weighted by Gasteiger charge is 2.13. The van der Waals surface area contributed by atoms with Gasteiger partial charge in [0.15, 0.2) is 0 Å². The Morgan fingerprint density at radius 2 is 1.53 bits per heavy atom. The van der Waals surface area contributed by atoms with Crippen LogP contribution in [0.25, 0.3) is 0 Å². The highest BCUT2D eigenvalue weighted by atomic mass is 35.5. The average Bonchev–Trinajstić information content (AvgIpc) is 2.39. The van der Waals surface area contributed by atoms with Crippen LogP contribution in [0.4, 0.5) is 0 Å². The first-order valence-corrected chi connectivity index (χ1v) is 7.04. The summed E-state index contributed by atoms with van der Waals surface area (Å²) in [5, 5.41) is 11.5. The topological polar surface area (TPSA) is 20.2 Å². The molecule has 0 unspecified atom stereocenters. The molecule has 1 atom stereocenters. The Balaban J connectivity index is 2.21. The molecule has 0 spiro atoms. The molecule has 0 bridgehead atoms. The number of hydrogen-bond donors (Lipinski definition) is 1. The first-order chi connectivity index (χ1) is 9.10. The van der Waals surface area contributed by atoms with Crippen molar-refractivity contribution < 1.29 is 5.11 Å². The standard InChI is InChI=1S/C15H13Cl3O/c16-13-4-1-10(2-5-13)12(9-19)7-11-3-6-14(17)8-15(11)18/h1-6,8,12,19H,7,9H2/t12-/m1/s1. The number of halogens is 3. The molecule has 2 rings (SSSR count). The van der Waals surface area contributed by atoms with E-state index in [0.717, 1.165) is 11.1 Å². The van der Waals surface area contributed by atoms with Gasteiger partial charge < -0.3 is 5.11 Å². The Morgan fingerprint density at radius 3 is 2.11 bits per heavy atom. The van der Waals surface area contributed by atoms with Crippen molar-refractivity contribution >= 4 is 34.8 Å². The molecule has 0 aliphatic carbocycles. The average molecular weight is 316 g/mol. The molecule has 0 aliphatic heterocycles. The van der Waals surface area contributed by atoms with Gasteiger partial charge in [-0.05, 0) is 41.8 Å². The van der Waals surface area contributed by atoms with Crippen molar-refractivity contribution in [2.45, 2.75) is 12.3 Å². The zero-order valence-electron chi connectivity index (χ0n) is 10.1. The van der Waals surface area contributed by atoms with Crippen LogP contribution in [0.1, 0.15) is 17.0 Å². The van der Waals surface area contributed by atoms with Crippen LogP contribution in [0.3, 0.4) is 0 Å². The summed E-state index contributed by atoms with van der Waals surface area (Å²) in [5.41, 5.74) is 2.01. The van der Waals surface area contributed by atoms with E-state index < -0.39 is 0 Å². The van der Waals surface area contributed by atoms with Crippen molar-refractivity contribution in [2.24, 2.45) is 0 Å². The third-order valence-electron chi connectivity index (χ3n) is 3.04. The van der Waals surface area contributed by atoms with Gasteiger partial charge in [0.2, 0.25) is 0 Å². The Morgan fingerprint density at radius 1 is 0.895 bits per heavy atom. The van der Waals surface area contributed by atoms with E-state index in [1.807, 2.05) is 30.3 Å². The quantitative estimate of drug-likeness (QED) is 0.845. The van der Waals surface area contributed by atoms with Crippen LogP contribution in [0, 0.1) is 0 Å². The minimum absolute atomic E-state index is 0.00376. The zero-order chi connectivity index (χ0) is 13.8. The summed E-state index contributed by atoms with van der Waals surface area (Å²) in [4.78, 5) is 0. The van der Waals surface area contributed by atoms with E-state index in [9.17, 15) is 5.11 Å². The number of aliphatic hydroxyl groups is 1. The maximum Gasteiger partial charge on any atom is 0.0502 e. The van der Waals surface area contributed by atoms with Crippen LogP contribution in [0.5, 0.6) is 0 Å². The molecule has 0 aromatic heterocycles. The maximum absolute atomic E-state index is 9.55. The van der Waals surface area contributed by atoms with E-state index in [4.69, 9.17) is 34.8 Å². The maximum atomic E-state index is 9.55. The SMILES string of the molecule is OC[C@@H](Cc1ccc(Cl)cc1Cl)c1ccc(Cl)cc1. The monoisotopic (exact) mass is 314 g/mol. The summed E-state index contributed by atoms with van der Waals surface area (Å²) in [6.45, 7) is 0.0561. The van der Waals surface area contributed by atoms with Gasteiger partial charge in [0.05, 0.1) is 6.61 Å². The molecule has 100 valence electrons. The molecule has 0 aliphatic rings. The fourth-order valence-corrected chi connectivity index (χ4v) is 2.59. The predicted octanol–water partition coefficient (Wildman–Crippen LogP) is 4.97. The number of rotatable bonds is 4. The summed E-state index contributed by atoms with van der Waals surface area (Å²) in [7, 11) is 0. The molecule has 0 saturated carbocycles. The molecular weight excluding hydrogens is 303 g/mol. The van der Waals surface area contributed by atoms with Crippen LogP contribution in [0.15, 0.2) is 42.5 Å². The van der Waals surface area contributed by atoms with Crippen LogP contribution < -0.4 is 0 Å². The van der Waals surface area contributed by atoms with Crippen LogP contribution in [0.2, 0.25) is 15.1 Å². The lowest BCUT2D eigenvalue weighted by Crippen LogP contribution is -2.08. The second-order valence-electron chi connectivity index (χ2n) is 4.37. The first-order valence-electron chi connectivity index (χ1n) is 5.90. The fraction of sp³-hybridized carbons (Fsp3) is 0.200. The molecule has 0 radical (unpaired) electrons. The van der Waals surface area contributed by atoms with E-state index in [2.05, 4.69) is 0 Å². The van der Waals surface area contributed by atoms with E-state index in [-0.39, 0.29) is 12.5 Å². The molecule has 2 aromatic rings. The molecule has 0 saturated heterocycles. The molecule has 2 aromatic carbocycles. The second kappa shape index (κ2) is 6.62.